The molecule has 2 aromatic rings. The number of nitro groups is 1. The molecule has 1 N–H and O–H groups in total. The summed E-state index contributed by atoms with van der Waals surface area (Å²) in [6.45, 7) is 0. The van der Waals surface area contributed by atoms with Crippen LogP contribution in [0.1, 0.15) is 12.0 Å². The molecular formula is C13H9F2NO3S. The van der Waals surface area contributed by atoms with Gasteiger partial charge in [0.25, 0.3) is 12.1 Å². The van der Waals surface area contributed by atoms with Gasteiger partial charge in [-0.2, -0.15) is 0 Å². The summed E-state index contributed by atoms with van der Waals surface area (Å²) in [4.78, 5) is 10.7. The molecule has 2 aromatic carbocycles. The number of nitrogens with zero attached hydrogens (tertiary/aromatic N) is 1. The minimum atomic E-state index is -2.81. The molecule has 0 aromatic heterocycles. The van der Waals surface area contributed by atoms with Crippen LogP contribution in [0, 0.1) is 10.1 Å². The van der Waals surface area contributed by atoms with Crippen LogP contribution in [-0.2, 0) is 0 Å². The van der Waals surface area contributed by atoms with Crippen LogP contribution in [0.25, 0.3) is 0 Å². The third kappa shape index (κ3) is 3.24. The van der Waals surface area contributed by atoms with E-state index in [1.807, 2.05) is 0 Å². The van der Waals surface area contributed by atoms with E-state index in [1.165, 1.54) is 24.3 Å². The fourth-order valence-corrected chi connectivity index (χ4v) is 2.57. The first-order valence-corrected chi connectivity index (χ1v) is 6.32. The van der Waals surface area contributed by atoms with E-state index in [2.05, 4.69) is 0 Å². The first kappa shape index (κ1) is 14.3. The van der Waals surface area contributed by atoms with Crippen molar-refractivity contribution >= 4 is 17.4 Å². The molecule has 0 aliphatic rings. The van der Waals surface area contributed by atoms with E-state index in [9.17, 15) is 24.0 Å². The second kappa shape index (κ2) is 5.87. The number of phenols is 1. The molecule has 0 bridgehead atoms. The van der Waals surface area contributed by atoms with Crippen molar-refractivity contribution < 1.29 is 18.8 Å². The largest absolute Gasteiger partial charge is 0.508 e. The van der Waals surface area contributed by atoms with Gasteiger partial charge in [0.15, 0.2) is 0 Å². The monoisotopic (exact) mass is 297 g/mol. The Labute approximate surface area is 117 Å². The molecule has 0 spiro atoms. The van der Waals surface area contributed by atoms with E-state index in [-0.39, 0.29) is 16.3 Å². The quantitative estimate of drug-likeness (QED) is 0.671. The summed E-state index contributed by atoms with van der Waals surface area (Å²) in [6, 6.07) is 9.47. The fourth-order valence-electron chi connectivity index (χ4n) is 1.59. The second-order valence-corrected chi connectivity index (χ2v) is 4.99. The Morgan fingerprint density at radius 2 is 1.95 bits per heavy atom. The topological polar surface area (TPSA) is 63.4 Å². The smallest absolute Gasteiger partial charge is 0.269 e. The average Bonchev–Trinajstić information content (AvgIpc) is 2.38. The Morgan fingerprint density at radius 1 is 1.20 bits per heavy atom. The maximum absolute atomic E-state index is 13.0. The third-order valence-electron chi connectivity index (χ3n) is 2.48. The van der Waals surface area contributed by atoms with Crippen LogP contribution >= 0.6 is 11.8 Å². The summed E-state index contributed by atoms with van der Waals surface area (Å²) >= 11 is 1.01. The summed E-state index contributed by atoms with van der Waals surface area (Å²) in [5.74, 6) is 0.0236. The molecule has 7 heteroatoms. The van der Waals surface area contributed by atoms with Crippen molar-refractivity contribution in [3.8, 4) is 5.75 Å². The predicted octanol–water partition coefficient (Wildman–Crippen LogP) is 4.39. The van der Waals surface area contributed by atoms with Crippen LogP contribution in [0.5, 0.6) is 5.75 Å². The summed E-state index contributed by atoms with van der Waals surface area (Å²) in [5, 5.41) is 19.9. The van der Waals surface area contributed by atoms with Gasteiger partial charge in [-0.25, -0.2) is 8.78 Å². The van der Waals surface area contributed by atoms with Crippen molar-refractivity contribution in [2.75, 3.05) is 0 Å². The first-order valence-electron chi connectivity index (χ1n) is 5.51. The van der Waals surface area contributed by atoms with Crippen molar-refractivity contribution in [1.82, 2.24) is 0 Å². The highest BCUT2D eigenvalue weighted by Gasteiger charge is 2.18. The second-order valence-electron chi connectivity index (χ2n) is 3.88. The Balaban J connectivity index is 2.38. The number of hydrogen-bond donors (Lipinski definition) is 1. The zero-order valence-electron chi connectivity index (χ0n) is 9.99. The lowest BCUT2D eigenvalue weighted by atomic mass is 10.2. The van der Waals surface area contributed by atoms with Gasteiger partial charge in [-0.3, -0.25) is 10.1 Å². The molecule has 0 radical (unpaired) electrons. The summed E-state index contributed by atoms with van der Waals surface area (Å²) in [6.07, 6.45) is -2.81. The van der Waals surface area contributed by atoms with E-state index < -0.39 is 16.9 Å². The van der Waals surface area contributed by atoms with E-state index in [4.69, 9.17) is 0 Å². The summed E-state index contributed by atoms with van der Waals surface area (Å²) in [7, 11) is 0. The SMILES string of the molecule is O=[N+]([O-])c1ccc(Sc2cccc(O)c2)c(C(F)F)c1. The molecule has 0 saturated carbocycles. The highest BCUT2D eigenvalue weighted by atomic mass is 32.2. The number of rotatable bonds is 4. The van der Waals surface area contributed by atoms with Crippen molar-refractivity contribution in [1.29, 1.82) is 0 Å². The Kier molecular flexibility index (Phi) is 4.19. The van der Waals surface area contributed by atoms with Gasteiger partial charge in [0.05, 0.1) is 4.92 Å². The fraction of sp³-hybridized carbons (Fsp3) is 0.0769. The van der Waals surface area contributed by atoms with Gasteiger partial charge in [-0.05, 0) is 24.3 Å². The van der Waals surface area contributed by atoms with Gasteiger partial charge in [0.1, 0.15) is 5.75 Å². The maximum Gasteiger partial charge on any atom is 0.269 e. The van der Waals surface area contributed by atoms with Crippen LogP contribution in [0.4, 0.5) is 14.5 Å². The van der Waals surface area contributed by atoms with E-state index >= 15 is 0 Å². The first-order chi connectivity index (χ1) is 9.47. The van der Waals surface area contributed by atoms with Crippen molar-refractivity contribution in [3.05, 3.63) is 58.1 Å². The highest BCUT2D eigenvalue weighted by molar-refractivity contribution is 7.99. The van der Waals surface area contributed by atoms with Crippen molar-refractivity contribution in [2.45, 2.75) is 16.2 Å². The number of nitro benzene ring substituents is 1. The molecule has 104 valence electrons. The Bertz CT molecular complexity index is 649. The summed E-state index contributed by atoms with van der Waals surface area (Å²) < 4.78 is 25.9. The number of benzene rings is 2. The van der Waals surface area contributed by atoms with Gasteiger partial charge in [-0.15, -0.1) is 0 Å². The van der Waals surface area contributed by atoms with E-state index in [0.29, 0.717) is 4.90 Å². The lowest BCUT2D eigenvalue weighted by Crippen LogP contribution is -1.93. The molecule has 20 heavy (non-hydrogen) atoms. The van der Waals surface area contributed by atoms with Crippen LogP contribution in [0.15, 0.2) is 52.3 Å². The summed E-state index contributed by atoms with van der Waals surface area (Å²) in [5.41, 5.74) is -0.770. The van der Waals surface area contributed by atoms with Crippen LogP contribution < -0.4 is 0 Å². The molecule has 2 rings (SSSR count). The molecule has 0 atom stereocenters. The Hall–Kier alpha value is -2.15. The molecule has 0 aliphatic carbocycles. The lowest BCUT2D eigenvalue weighted by Gasteiger charge is -2.08. The molecule has 0 amide bonds. The van der Waals surface area contributed by atoms with Gasteiger partial charge in [-0.1, -0.05) is 17.8 Å². The number of phenolic OH excluding ortho intramolecular Hbond substituents is 1. The zero-order valence-corrected chi connectivity index (χ0v) is 10.8. The van der Waals surface area contributed by atoms with Crippen LogP contribution in [0.2, 0.25) is 0 Å². The van der Waals surface area contributed by atoms with Crippen LogP contribution in [0.3, 0.4) is 0 Å². The maximum atomic E-state index is 13.0. The molecular weight excluding hydrogens is 288 g/mol. The molecule has 4 nitrogen and oxygen atoms in total. The van der Waals surface area contributed by atoms with Gasteiger partial charge in [0, 0.05) is 27.5 Å². The number of halogens is 2. The van der Waals surface area contributed by atoms with E-state index in [1.54, 1.807) is 12.1 Å². The molecule has 0 aliphatic heterocycles. The Morgan fingerprint density at radius 3 is 2.55 bits per heavy atom. The number of non-ortho nitro benzene ring substituents is 1. The van der Waals surface area contributed by atoms with Gasteiger partial charge < -0.3 is 5.11 Å². The number of aromatic hydroxyl groups is 1. The highest BCUT2D eigenvalue weighted by Crippen LogP contribution is 2.37. The lowest BCUT2D eigenvalue weighted by molar-refractivity contribution is -0.385. The standard InChI is InChI=1S/C13H9F2NO3S/c14-13(15)11-6-8(16(18)19)4-5-12(11)20-10-3-1-2-9(17)7-10/h1-7,13,17H. The van der Waals surface area contributed by atoms with Crippen molar-refractivity contribution in [3.63, 3.8) is 0 Å². The molecule has 0 heterocycles. The van der Waals surface area contributed by atoms with E-state index in [0.717, 1.165) is 17.8 Å². The van der Waals surface area contributed by atoms with Crippen molar-refractivity contribution in [2.24, 2.45) is 0 Å². The molecule has 0 fully saturated rings. The zero-order chi connectivity index (χ0) is 14.7. The minimum Gasteiger partial charge on any atom is -0.508 e. The normalized spacial score (nSPS) is 10.8. The predicted molar refractivity (Wildman–Crippen MR) is 70.3 cm³/mol. The minimum absolute atomic E-state index is 0.0236. The number of alkyl halides is 2. The van der Waals surface area contributed by atoms with Gasteiger partial charge >= 0.3 is 0 Å². The van der Waals surface area contributed by atoms with Crippen LogP contribution in [-0.4, -0.2) is 10.0 Å². The molecule has 0 unspecified atom stereocenters. The molecule has 0 saturated heterocycles. The third-order valence-corrected chi connectivity index (χ3v) is 3.57. The van der Waals surface area contributed by atoms with Gasteiger partial charge in [0.2, 0.25) is 0 Å². The average molecular weight is 297 g/mol. The number of hydrogen-bond acceptors (Lipinski definition) is 4.